The quantitative estimate of drug-likeness (QED) is 0.833. The van der Waals surface area contributed by atoms with E-state index in [1.165, 1.54) is 0 Å². The van der Waals surface area contributed by atoms with Crippen molar-refractivity contribution in [3.63, 3.8) is 0 Å². The van der Waals surface area contributed by atoms with Crippen molar-refractivity contribution < 1.29 is 19.7 Å². The second-order valence-electron chi connectivity index (χ2n) is 5.98. The molecule has 4 heteroatoms. The van der Waals surface area contributed by atoms with Gasteiger partial charge < -0.3 is 19.7 Å². The van der Waals surface area contributed by atoms with Crippen LogP contribution >= 0.6 is 0 Å². The fourth-order valence-corrected chi connectivity index (χ4v) is 2.77. The second-order valence-corrected chi connectivity index (χ2v) is 5.98. The number of epoxide rings is 2. The van der Waals surface area contributed by atoms with Crippen LogP contribution in [-0.2, 0) is 22.3 Å². The zero-order valence-corrected chi connectivity index (χ0v) is 12.2. The van der Waals surface area contributed by atoms with E-state index < -0.39 is 0 Å². The number of para-hydroxylation sites is 1. The van der Waals surface area contributed by atoms with E-state index in [-0.39, 0.29) is 18.0 Å². The smallest absolute Gasteiger partial charge is 0.126 e. The molecular weight excluding hydrogens is 280 g/mol. The van der Waals surface area contributed by atoms with Gasteiger partial charge in [-0.2, -0.15) is 0 Å². The summed E-state index contributed by atoms with van der Waals surface area (Å²) in [7, 11) is 0. The lowest BCUT2D eigenvalue weighted by Gasteiger charge is -2.11. The highest BCUT2D eigenvalue weighted by Gasteiger charge is 2.26. The summed E-state index contributed by atoms with van der Waals surface area (Å²) in [5.41, 5.74) is 3.45. The maximum Gasteiger partial charge on any atom is 0.126 e. The molecular formula is C18H18O4. The average molecular weight is 298 g/mol. The van der Waals surface area contributed by atoms with Crippen molar-refractivity contribution in [1.29, 1.82) is 0 Å². The molecule has 4 rings (SSSR count). The van der Waals surface area contributed by atoms with Crippen LogP contribution in [0.5, 0.6) is 11.5 Å². The summed E-state index contributed by atoms with van der Waals surface area (Å²) in [6.45, 7) is 1.53. The molecule has 0 spiro atoms. The molecule has 2 aromatic carbocycles. The van der Waals surface area contributed by atoms with Gasteiger partial charge in [-0.15, -0.1) is 0 Å². The molecule has 0 saturated carbocycles. The predicted octanol–water partition coefficient (Wildman–Crippen LogP) is 2.65. The van der Waals surface area contributed by atoms with Gasteiger partial charge in [-0.1, -0.05) is 24.3 Å². The third-order valence-corrected chi connectivity index (χ3v) is 4.21. The van der Waals surface area contributed by atoms with Crippen LogP contribution < -0.4 is 0 Å². The predicted molar refractivity (Wildman–Crippen MR) is 82.1 cm³/mol. The third kappa shape index (κ3) is 2.80. The van der Waals surface area contributed by atoms with Crippen LogP contribution in [0.15, 0.2) is 36.4 Å². The highest BCUT2D eigenvalue weighted by molar-refractivity contribution is 5.73. The van der Waals surface area contributed by atoms with Gasteiger partial charge in [-0.25, -0.2) is 0 Å². The number of hydrogen-bond acceptors (Lipinski definition) is 4. The Bertz CT molecular complexity index is 702. The molecule has 22 heavy (non-hydrogen) atoms. The highest BCUT2D eigenvalue weighted by Crippen LogP contribution is 2.36. The summed E-state index contributed by atoms with van der Waals surface area (Å²) >= 11 is 0. The van der Waals surface area contributed by atoms with E-state index in [0.29, 0.717) is 12.2 Å². The first kappa shape index (κ1) is 13.6. The third-order valence-electron chi connectivity index (χ3n) is 4.21. The molecule has 0 aromatic heterocycles. The van der Waals surface area contributed by atoms with Gasteiger partial charge in [0.25, 0.3) is 0 Å². The van der Waals surface area contributed by atoms with Gasteiger partial charge in [0.1, 0.15) is 11.5 Å². The van der Waals surface area contributed by atoms with Gasteiger partial charge >= 0.3 is 0 Å². The fourth-order valence-electron chi connectivity index (χ4n) is 2.77. The van der Waals surface area contributed by atoms with Gasteiger partial charge in [0.2, 0.25) is 0 Å². The molecule has 2 aliphatic heterocycles. The summed E-state index contributed by atoms with van der Waals surface area (Å²) in [5.74, 6) is 0.582. The van der Waals surface area contributed by atoms with Crippen molar-refractivity contribution in [2.75, 3.05) is 13.2 Å². The van der Waals surface area contributed by atoms with Crippen molar-refractivity contribution in [3.05, 3.63) is 47.5 Å². The Hall–Kier alpha value is -2.04. The summed E-state index contributed by atoms with van der Waals surface area (Å²) in [6.07, 6.45) is 1.90. The lowest BCUT2D eigenvalue weighted by atomic mass is 9.96. The summed E-state index contributed by atoms with van der Waals surface area (Å²) in [6, 6.07) is 11.2. The molecule has 4 nitrogen and oxygen atoms in total. The normalized spacial score (nSPS) is 22.5. The SMILES string of the molecule is Oc1ccc(-c2cccc(CC3CO3)c2O)cc1CC1CO1. The number of ether oxygens (including phenoxy) is 2. The fraction of sp³-hybridized carbons (Fsp3) is 0.333. The lowest BCUT2D eigenvalue weighted by Crippen LogP contribution is -1.96. The van der Waals surface area contributed by atoms with Crippen molar-refractivity contribution in [2.24, 2.45) is 0 Å². The summed E-state index contributed by atoms with van der Waals surface area (Å²) < 4.78 is 10.5. The molecule has 0 radical (unpaired) electrons. The van der Waals surface area contributed by atoms with Crippen LogP contribution in [0, 0.1) is 0 Å². The summed E-state index contributed by atoms with van der Waals surface area (Å²) in [4.78, 5) is 0. The van der Waals surface area contributed by atoms with Crippen molar-refractivity contribution in [1.82, 2.24) is 0 Å². The monoisotopic (exact) mass is 298 g/mol. The standard InChI is InChI=1S/C18H18O4/c19-17-5-4-11(6-13(17)8-15-10-22-15)16-3-1-2-12(18(16)20)7-14-9-21-14/h1-6,14-15,19-20H,7-10H2. The zero-order valence-electron chi connectivity index (χ0n) is 12.2. The van der Waals surface area contributed by atoms with Crippen LogP contribution in [-0.4, -0.2) is 35.6 Å². The Labute approximate surface area is 128 Å². The first-order valence-electron chi connectivity index (χ1n) is 7.57. The topological polar surface area (TPSA) is 65.5 Å². The maximum absolute atomic E-state index is 10.5. The zero-order chi connectivity index (χ0) is 15.1. The van der Waals surface area contributed by atoms with Crippen LogP contribution in [0.25, 0.3) is 11.1 Å². The Kier molecular flexibility index (Phi) is 3.28. The van der Waals surface area contributed by atoms with E-state index in [1.54, 1.807) is 6.07 Å². The van der Waals surface area contributed by atoms with Gasteiger partial charge in [0.15, 0.2) is 0 Å². The highest BCUT2D eigenvalue weighted by atomic mass is 16.6. The molecule has 2 unspecified atom stereocenters. The molecule has 2 fully saturated rings. The van der Waals surface area contributed by atoms with Crippen LogP contribution in [0.2, 0.25) is 0 Å². The molecule has 2 saturated heterocycles. The molecule has 0 aliphatic carbocycles. The first-order valence-corrected chi connectivity index (χ1v) is 7.57. The van der Waals surface area contributed by atoms with E-state index in [9.17, 15) is 10.2 Å². The van der Waals surface area contributed by atoms with Crippen molar-refractivity contribution in [2.45, 2.75) is 25.0 Å². The Balaban J connectivity index is 1.68. The largest absolute Gasteiger partial charge is 0.508 e. The average Bonchev–Trinajstić information content (AvgIpc) is 3.39. The number of phenols is 2. The van der Waals surface area contributed by atoms with Crippen LogP contribution in [0.1, 0.15) is 11.1 Å². The molecule has 2 aromatic rings. The van der Waals surface area contributed by atoms with E-state index in [4.69, 9.17) is 9.47 Å². The minimum absolute atomic E-state index is 0.216. The minimum Gasteiger partial charge on any atom is -0.508 e. The van der Waals surface area contributed by atoms with E-state index in [1.807, 2.05) is 30.3 Å². The van der Waals surface area contributed by atoms with Gasteiger partial charge in [-0.3, -0.25) is 0 Å². The minimum atomic E-state index is 0.216. The van der Waals surface area contributed by atoms with Crippen molar-refractivity contribution in [3.8, 4) is 22.6 Å². The second kappa shape index (κ2) is 5.30. The Morgan fingerprint density at radius 2 is 1.59 bits per heavy atom. The Morgan fingerprint density at radius 1 is 0.909 bits per heavy atom. The number of phenolic OH excluding ortho intramolecular Hbond substituents is 2. The van der Waals surface area contributed by atoms with Gasteiger partial charge in [0.05, 0.1) is 25.4 Å². The molecule has 2 aliphatic rings. The molecule has 114 valence electrons. The van der Waals surface area contributed by atoms with Crippen LogP contribution in [0.4, 0.5) is 0 Å². The number of benzene rings is 2. The van der Waals surface area contributed by atoms with E-state index in [2.05, 4.69) is 0 Å². The number of aromatic hydroxyl groups is 2. The van der Waals surface area contributed by atoms with Gasteiger partial charge in [-0.05, 0) is 28.8 Å². The van der Waals surface area contributed by atoms with E-state index >= 15 is 0 Å². The molecule has 2 N–H and O–H groups in total. The van der Waals surface area contributed by atoms with E-state index in [0.717, 1.165) is 41.9 Å². The molecule has 2 atom stereocenters. The maximum atomic E-state index is 10.5. The molecule has 0 amide bonds. The lowest BCUT2D eigenvalue weighted by molar-refractivity contribution is 0.401. The molecule has 2 heterocycles. The summed E-state index contributed by atoms with van der Waals surface area (Å²) in [5, 5.41) is 20.5. The number of rotatable bonds is 5. The Morgan fingerprint density at radius 3 is 2.27 bits per heavy atom. The number of hydrogen-bond donors (Lipinski definition) is 2. The van der Waals surface area contributed by atoms with Crippen LogP contribution in [0.3, 0.4) is 0 Å². The first-order chi connectivity index (χ1) is 10.7. The van der Waals surface area contributed by atoms with Crippen molar-refractivity contribution >= 4 is 0 Å². The molecule has 0 bridgehead atoms. The van der Waals surface area contributed by atoms with Gasteiger partial charge in [0, 0.05) is 18.4 Å².